The minimum atomic E-state index is -4.38. The van der Waals surface area contributed by atoms with Crippen molar-refractivity contribution in [3.8, 4) is 0 Å². The molecule has 2 N–H and O–H groups in total. The van der Waals surface area contributed by atoms with Crippen molar-refractivity contribution in [2.75, 3.05) is 17.2 Å². The number of hydrogen-bond acceptors (Lipinski definition) is 2. The zero-order valence-electron chi connectivity index (χ0n) is 12.3. The fourth-order valence-corrected chi connectivity index (χ4v) is 2.08. The smallest absolute Gasteiger partial charge is 0.385 e. The Morgan fingerprint density at radius 1 is 1.04 bits per heavy atom. The lowest BCUT2D eigenvalue weighted by molar-refractivity contribution is -0.137. The first-order valence-electron chi connectivity index (χ1n) is 6.92. The van der Waals surface area contributed by atoms with Crippen molar-refractivity contribution in [3.05, 3.63) is 58.9 Å². The normalized spacial score (nSPS) is 11.2. The molecule has 0 fully saturated rings. The number of hydrogen-bond donors (Lipinski definition) is 2. The van der Waals surface area contributed by atoms with Gasteiger partial charge in [-0.25, -0.2) is 4.39 Å². The lowest BCUT2D eigenvalue weighted by Crippen LogP contribution is -2.16. The Kier molecular flexibility index (Phi) is 5.66. The molecule has 8 heteroatoms. The highest BCUT2D eigenvalue weighted by Gasteiger charge is 2.29. The quantitative estimate of drug-likeness (QED) is 0.742. The summed E-state index contributed by atoms with van der Waals surface area (Å²) in [5.74, 6) is -0.921. The SMILES string of the molecule is O=C(CCNc1ccc(C(F)(F)F)cc1)Nc1ccc(F)c(Cl)c1. The van der Waals surface area contributed by atoms with Crippen molar-refractivity contribution in [1.29, 1.82) is 0 Å². The Balaban J connectivity index is 1.81. The van der Waals surface area contributed by atoms with E-state index in [1.807, 2.05) is 0 Å². The number of halogens is 5. The van der Waals surface area contributed by atoms with Gasteiger partial charge in [-0.2, -0.15) is 13.2 Å². The van der Waals surface area contributed by atoms with Crippen LogP contribution in [0.2, 0.25) is 5.02 Å². The molecule has 0 heterocycles. The van der Waals surface area contributed by atoms with Crippen molar-refractivity contribution in [3.63, 3.8) is 0 Å². The second-order valence-electron chi connectivity index (χ2n) is 4.93. The van der Waals surface area contributed by atoms with Crippen molar-refractivity contribution in [2.45, 2.75) is 12.6 Å². The van der Waals surface area contributed by atoms with Gasteiger partial charge in [-0.15, -0.1) is 0 Å². The average molecular weight is 361 g/mol. The van der Waals surface area contributed by atoms with E-state index in [2.05, 4.69) is 10.6 Å². The van der Waals surface area contributed by atoms with Crippen LogP contribution >= 0.6 is 11.6 Å². The van der Waals surface area contributed by atoms with Gasteiger partial charge in [0.2, 0.25) is 5.91 Å². The maximum Gasteiger partial charge on any atom is 0.416 e. The number of carbonyl (C=O) groups excluding carboxylic acids is 1. The zero-order valence-corrected chi connectivity index (χ0v) is 13.0. The van der Waals surface area contributed by atoms with E-state index < -0.39 is 17.6 Å². The third-order valence-electron chi connectivity index (χ3n) is 3.10. The third kappa shape index (κ3) is 5.13. The van der Waals surface area contributed by atoms with Gasteiger partial charge in [-0.05, 0) is 42.5 Å². The van der Waals surface area contributed by atoms with Gasteiger partial charge in [-0.3, -0.25) is 4.79 Å². The maximum absolute atomic E-state index is 13.0. The molecule has 0 spiro atoms. The van der Waals surface area contributed by atoms with Crippen LogP contribution in [0.5, 0.6) is 0 Å². The first kappa shape index (κ1) is 18.1. The highest BCUT2D eigenvalue weighted by Crippen LogP contribution is 2.29. The molecule has 0 bridgehead atoms. The zero-order chi connectivity index (χ0) is 17.7. The number of carbonyl (C=O) groups is 1. The van der Waals surface area contributed by atoms with Crippen LogP contribution in [0.1, 0.15) is 12.0 Å². The second-order valence-corrected chi connectivity index (χ2v) is 5.34. The monoisotopic (exact) mass is 360 g/mol. The summed E-state index contributed by atoms with van der Waals surface area (Å²) >= 11 is 5.61. The van der Waals surface area contributed by atoms with Gasteiger partial charge in [0.15, 0.2) is 0 Å². The van der Waals surface area contributed by atoms with Crippen LogP contribution < -0.4 is 10.6 Å². The molecule has 0 saturated heterocycles. The fourth-order valence-electron chi connectivity index (χ4n) is 1.89. The molecule has 2 aromatic carbocycles. The third-order valence-corrected chi connectivity index (χ3v) is 3.39. The highest BCUT2D eigenvalue weighted by atomic mass is 35.5. The van der Waals surface area contributed by atoms with Gasteiger partial charge in [0.1, 0.15) is 5.82 Å². The summed E-state index contributed by atoms with van der Waals surface area (Å²) in [5, 5.41) is 5.29. The van der Waals surface area contributed by atoms with Crippen LogP contribution in [0.3, 0.4) is 0 Å². The largest absolute Gasteiger partial charge is 0.416 e. The number of alkyl halides is 3. The van der Waals surface area contributed by atoms with E-state index in [0.717, 1.165) is 18.2 Å². The van der Waals surface area contributed by atoms with Gasteiger partial charge in [0.25, 0.3) is 0 Å². The number of nitrogens with one attached hydrogen (secondary N) is 2. The Labute approximate surface area is 140 Å². The van der Waals surface area contributed by atoms with E-state index in [1.165, 1.54) is 24.3 Å². The highest BCUT2D eigenvalue weighted by molar-refractivity contribution is 6.31. The lowest BCUT2D eigenvalue weighted by Gasteiger charge is -2.10. The fraction of sp³-hybridized carbons (Fsp3) is 0.188. The van der Waals surface area contributed by atoms with Crippen LogP contribution in [-0.2, 0) is 11.0 Å². The average Bonchev–Trinajstić information content (AvgIpc) is 2.50. The van der Waals surface area contributed by atoms with Crippen LogP contribution in [0.25, 0.3) is 0 Å². The van der Waals surface area contributed by atoms with Crippen molar-refractivity contribution >= 4 is 28.9 Å². The molecule has 0 aliphatic heterocycles. The molecule has 1 amide bonds. The van der Waals surface area contributed by atoms with Crippen LogP contribution in [0, 0.1) is 5.82 Å². The topological polar surface area (TPSA) is 41.1 Å². The molecule has 0 atom stereocenters. The minimum Gasteiger partial charge on any atom is -0.385 e. The molecule has 24 heavy (non-hydrogen) atoms. The van der Waals surface area contributed by atoms with Gasteiger partial charge >= 0.3 is 6.18 Å². The summed E-state index contributed by atoms with van der Waals surface area (Å²) in [5.41, 5.74) is 0.0977. The van der Waals surface area contributed by atoms with E-state index in [1.54, 1.807) is 0 Å². The predicted molar refractivity (Wildman–Crippen MR) is 84.6 cm³/mol. The summed E-state index contributed by atoms with van der Waals surface area (Å²) in [4.78, 5) is 11.7. The molecule has 2 aromatic rings. The summed E-state index contributed by atoms with van der Waals surface area (Å²) in [7, 11) is 0. The number of anilines is 2. The lowest BCUT2D eigenvalue weighted by atomic mass is 10.2. The van der Waals surface area contributed by atoms with Gasteiger partial charge in [0, 0.05) is 24.3 Å². The number of rotatable bonds is 5. The molecule has 3 nitrogen and oxygen atoms in total. The van der Waals surface area contributed by atoms with E-state index >= 15 is 0 Å². The minimum absolute atomic E-state index is 0.0794. The molecule has 0 aromatic heterocycles. The van der Waals surface area contributed by atoms with E-state index in [0.29, 0.717) is 11.4 Å². The number of benzene rings is 2. The Bertz CT molecular complexity index is 717. The number of amides is 1. The van der Waals surface area contributed by atoms with E-state index in [9.17, 15) is 22.4 Å². The summed E-state index contributed by atoms with van der Waals surface area (Å²) in [6, 6.07) is 8.31. The molecule has 0 aliphatic rings. The predicted octanol–water partition coefficient (Wildman–Crippen LogP) is 4.94. The van der Waals surface area contributed by atoms with Crippen molar-refractivity contribution < 1.29 is 22.4 Å². The molecule has 128 valence electrons. The molecule has 0 saturated carbocycles. The summed E-state index contributed by atoms with van der Waals surface area (Å²) in [6.45, 7) is 0.228. The molecule has 0 radical (unpaired) electrons. The molecule has 0 unspecified atom stereocenters. The Morgan fingerprint density at radius 3 is 2.25 bits per heavy atom. The van der Waals surface area contributed by atoms with Crippen LogP contribution in [0.15, 0.2) is 42.5 Å². The maximum atomic E-state index is 13.0. The van der Waals surface area contributed by atoms with Gasteiger partial charge in [-0.1, -0.05) is 11.6 Å². The van der Waals surface area contributed by atoms with Crippen LogP contribution in [-0.4, -0.2) is 12.5 Å². The summed E-state index contributed by atoms with van der Waals surface area (Å²) in [6.07, 6.45) is -4.30. The molecular formula is C16H13ClF4N2O. The first-order valence-corrected chi connectivity index (χ1v) is 7.29. The van der Waals surface area contributed by atoms with Crippen molar-refractivity contribution in [2.24, 2.45) is 0 Å². The molecule has 2 rings (SSSR count). The van der Waals surface area contributed by atoms with E-state index in [-0.39, 0.29) is 23.9 Å². The van der Waals surface area contributed by atoms with Crippen LogP contribution in [0.4, 0.5) is 28.9 Å². The summed E-state index contributed by atoms with van der Waals surface area (Å²) < 4.78 is 50.3. The second kappa shape index (κ2) is 7.53. The standard InChI is InChI=1S/C16H13ClF4N2O/c17-13-9-12(5-6-14(13)18)23-15(24)7-8-22-11-3-1-10(2-4-11)16(19,20)21/h1-6,9,22H,7-8H2,(H,23,24). The van der Waals surface area contributed by atoms with Crippen molar-refractivity contribution in [1.82, 2.24) is 0 Å². The van der Waals surface area contributed by atoms with Gasteiger partial charge < -0.3 is 10.6 Å². The first-order chi connectivity index (χ1) is 11.3. The van der Waals surface area contributed by atoms with E-state index in [4.69, 9.17) is 11.6 Å². The van der Waals surface area contributed by atoms with Gasteiger partial charge in [0.05, 0.1) is 10.6 Å². The Morgan fingerprint density at radius 2 is 1.67 bits per heavy atom. The molecular weight excluding hydrogens is 348 g/mol. The Hall–Kier alpha value is -2.28. The molecule has 0 aliphatic carbocycles.